The standard InChI is InChI=1S/C51H79N13O18/c1-23(2)17-29(52)49(79)64-16-8-10-35(64)50(80)63-15-7-9-34(63)45(75)62-41(26(6)67)47(77)58-31(20-37(54)70)42(72)60-39(24(3)4)46(76)55-21-38(71)56-33(22-65)44(74)57-30(19-36(53)69)43(73)61-40(25(5)66)48(78)59-32(51(81)82)18-27-11-13-28(68)14-12-27/h11-14,23-26,29-35,39-41,65-68H,7-10,15-22,52H2,1-6H3,(H2,53,69)(H2,54,70)(H,55,76)(H,56,71)(H,57,74)(H,58,77)(H,59,78)(H,60,72)(H,61,73)(H,62,75)(H,81,82)/t25-,26-,29+,30+,31+,32+,33+,34+,35+,39+,40+,41+/m1/s1. The van der Waals surface area contributed by atoms with E-state index in [2.05, 4.69) is 42.5 Å². The van der Waals surface area contributed by atoms with Crippen molar-refractivity contribution in [1.82, 2.24) is 52.3 Å². The van der Waals surface area contributed by atoms with Crippen LogP contribution in [0.15, 0.2) is 24.3 Å². The molecule has 31 heteroatoms. The van der Waals surface area contributed by atoms with Crippen LogP contribution >= 0.6 is 0 Å². The Labute approximate surface area is 472 Å². The molecule has 2 aliphatic rings. The molecule has 0 radical (unpaired) electrons. The van der Waals surface area contributed by atoms with Gasteiger partial charge in [-0.15, -0.1) is 0 Å². The van der Waals surface area contributed by atoms with Crippen LogP contribution in [0.5, 0.6) is 5.75 Å². The van der Waals surface area contributed by atoms with Crippen molar-refractivity contribution >= 4 is 76.9 Å². The van der Waals surface area contributed by atoms with Gasteiger partial charge < -0.3 is 95.1 Å². The number of carboxylic acid groups (broad SMARTS) is 1. The van der Waals surface area contributed by atoms with Gasteiger partial charge in [0, 0.05) is 19.5 Å². The number of primary amides is 2. The summed E-state index contributed by atoms with van der Waals surface area (Å²) in [7, 11) is 0. The van der Waals surface area contributed by atoms with Crippen LogP contribution in [0.1, 0.15) is 92.1 Å². The van der Waals surface area contributed by atoms with Crippen molar-refractivity contribution in [2.24, 2.45) is 29.0 Å². The number of nitrogens with zero attached hydrogens (tertiary/aromatic N) is 2. The number of rotatable bonds is 31. The van der Waals surface area contributed by atoms with Gasteiger partial charge in [-0.05, 0) is 75.5 Å². The van der Waals surface area contributed by atoms with Crippen LogP contribution in [0.3, 0.4) is 0 Å². The predicted octanol–water partition coefficient (Wildman–Crippen LogP) is -6.95. The van der Waals surface area contributed by atoms with Crippen molar-refractivity contribution in [1.29, 1.82) is 0 Å². The minimum atomic E-state index is -1.92. The average Bonchev–Trinajstić information content (AvgIpc) is 4.31. The normalized spacial score (nSPS) is 18.6. The van der Waals surface area contributed by atoms with E-state index < -0.39 is 175 Å². The number of phenols is 1. The molecule has 0 aromatic heterocycles. The highest BCUT2D eigenvalue weighted by Gasteiger charge is 2.44. The Balaban J connectivity index is 1.65. The first kappa shape index (κ1) is 68.2. The maximum atomic E-state index is 13.9. The molecule has 19 N–H and O–H groups in total. The molecule has 12 amide bonds. The average molecular weight is 1160 g/mol. The maximum Gasteiger partial charge on any atom is 0.326 e. The molecule has 82 heavy (non-hydrogen) atoms. The Hall–Kier alpha value is -8.03. The van der Waals surface area contributed by atoms with Crippen molar-refractivity contribution in [3.8, 4) is 5.75 Å². The fourth-order valence-electron chi connectivity index (χ4n) is 9.11. The largest absolute Gasteiger partial charge is 0.508 e. The van der Waals surface area contributed by atoms with Crippen LogP contribution in [0.25, 0.3) is 0 Å². The van der Waals surface area contributed by atoms with E-state index in [-0.39, 0.29) is 37.0 Å². The molecule has 12 atom stereocenters. The third kappa shape index (κ3) is 20.5. The smallest absolute Gasteiger partial charge is 0.326 e. The summed E-state index contributed by atoms with van der Waals surface area (Å²) in [6, 6.07) is -9.81. The summed E-state index contributed by atoms with van der Waals surface area (Å²) in [6.45, 7) is 7.38. The van der Waals surface area contributed by atoms with Crippen LogP contribution in [0, 0.1) is 11.8 Å². The van der Waals surface area contributed by atoms with E-state index in [1.807, 2.05) is 13.8 Å². The number of nitrogens with two attached hydrogens (primary N) is 3. The number of carbonyl (C=O) groups is 13. The van der Waals surface area contributed by atoms with E-state index in [4.69, 9.17) is 17.2 Å². The van der Waals surface area contributed by atoms with Crippen LogP contribution in [0.4, 0.5) is 0 Å². The number of hydrogen-bond acceptors (Lipinski definition) is 18. The number of nitrogens with one attached hydrogen (secondary N) is 8. The van der Waals surface area contributed by atoms with Gasteiger partial charge in [0.15, 0.2) is 0 Å². The Morgan fingerprint density at radius 1 is 0.598 bits per heavy atom. The quantitative estimate of drug-likeness (QED) is 0.0328. The maximum absolute atomic E-state index is 13.9. The number of aliphatic carboxylic acids is 1. The van der Waals surface area contributed by atoms with Gasteiger partial charge in [-0.25, -0.2) is 4.79 Å². The minimum Gasteiger partial charge on any atom is -0.508 e. The Bertz CT molecular complexity index is 2490. The molecule has 2 aliphatic heterocycles. The first-order chi connectivity index (χ1) is 38.4. The molecule has 2 saturated heterocycles. The Morgan fingerprint density at radius 2 is 1.07 bits per heavy atom. The fraction of sp³-hybridized carbons (Fsp3) is 0.627. The number of carboxylic acids is 1. The summed E-state index contributed by atoms with van der Waals surface area (Å²) in [6.07, 6.45) is -3.55. The second-order valence-electron chi connectivity index (χ2n) is 21.1. The second kappa shape index (κ2) is 31.8. The molecule has 1 aromatic rings. The summed E-state index contributed by atoms with van der Waals surface area (Å²) >= 11 is 0. The molecule has 31 nitrogen and oxygen atoms in total. The molecular weight excluding hydrogens is 1080 g/mol. The highest BCUT2D eigenvalue weighted by atomic mass is 16.4. The number of carbonyl (C=O) groups excluding carboxylic acids is 12. The number of benzene rings is 1. The van der Waals surface area contributed by atoms with Crippen molar-refractivity contribution in [2.75, 3.05) is 26.2 Å². The van der Waals surface area contributed by atoms with Crippen LogP contribution < -0.4 is 59.7 Å². The lowest BCUT2D eigenvalue weighted by Gasteiger charge is -2.33. The monoisotopic (exact) mass is 1160 g/mol. The first-order valence-corrected chi connectivity index (χ1v) is 26.7. The predicted molar refractivity (Wildman–Crippen MR) is 286 cm³/mol. The number of aliphatic hydroxyl groups is 3. The van der Waals surface area contributed by atoms with E-state index >= 15 is 0 Å². The number of amides is 12. The molecule has 0 aliphatic carbocycles. The van der Waals surface area contributed by atoms with Gasteiger partial charge in [0.05, 0.1) is 44.2 Å². The first-order valence-electron chi connectivity index (χ1n) is 26.7. The van der Waals surface area contributed by atoms with E-state index in [1.165, 1.54) is 47.9 Å². The van der Waals surface area contributed by atoms with Crippen molar-refractivity contribution in [3.05, 3.63) is 29.8 Å². The fourth-order valence-corrected chi connectivity index (χ4v) is 9.11. The lowest BCUT2D eigenvalue weighted by Crippen LogP contribution is -2.62. The zero-order valence-electron chi connectivity index (χ0n) is 46.5. The molecular formula is C51H79N13O18. The van der Waals surface area contributed by atoms with Gasteiger partial charge in [0.2, 0.25) is 70.9 Å². The van der Waals surface area contributed by atoms with Crippen molar-refractivity contribution in [2.45, 2.75) is 166 Å². The third-order valence-corrected chi connectivity index (χ3v) is 13.4. The molecule has 3 rings (SSSR count). The minimum absolute atomic E-state index is 0.108. The topological polar surface area (TPSA) is 504 Å². The number of phenolic OH excluding ortho intramolecular Hbond substituents is 1. The van der Waals surface area contributed by atoms with E-state index in [0.29, 0.717) is 37.8 Å². The number of hydrogen-bond donors (Lipinski definition) is 16. The van der Waals surface area contributed by atoms with Gasteiger partial charge in [0.1, 0.15) is 60.1 Å². The number of aliphatic hydroxyl groups excluding tert-OH is 3. The van der Waals surface area contributed by atoms with Crippen LogP contribution in [0.2, 0.25) is 0 Å². The van der Waals surface area contributed by atoms with E-state index in [0.717, 1.165) is 13.8 Å². The molecule has 0 bridgehead atoms. The van der Waals surface area contributed by atoms with Gasteiger partial charge in [-0.1, -0.05) is 39.8 Å². The summed E-state index contributed by atoms with van der Waals surface area (Å²) < 4.78 is 0. The van der Waals surface area contributed by atoms with Crippen molar-refractivity contribution < 1.29 is 87.9 Å². The summed E-state index contributed by atoms with van der Waals surface area (Å²) in [5.74, 6) is -14.5. The van der Waals surface area contributed by atoms with Gasteiger partial charge >= 0.3 is 5.97 Å². The van der Waals surface area contributed by atoms with Crippen molar-refractivity contribution in [3.63, 3.8) is 0 Å². The molecule has 2 heterocycles. The summed E-state index contributed by atoms with van der Waals surface area (Å²) in [5.41, 5.74) is 17.2. The summed E-state index contributed by atoms with van der Waals surface area (Å²) in [4.78, 5) is 174. The molecule has 2 fully saturated rings. The molecule has 1 aromatic carbocycles. The summed E-state index contributed by atoms with van der Waals surface area (Å²) in [5, 5.41) is 68.1. The van der Waals surface area contributed by atoms with Gasteiger partial charge in [0.25, 0.3) is 0 Å². The van der Waals surface area contributed by atoms with Gasteiger partial charge in [-0.2, -0.15) is 0 Å². The number of aromatic hydroxyl groups is 1. The zero-order valence-corrected chi connectivity index (χ0v) is 46.5. The Kier molecular flexibility index (Phi) is 26.5. The van der Waals surface area contributed by atoms with Crippen LogP contribution in [-0.4, -0.2) is 211 Å². The lowest BCUT2D eigenvalue weighted by molar-refractivity contribution is -0.147. The second-order valence-corrected chi connectivity index (χ2v) is 21.1. The lowest BCUT2D eigenvalue weighted by atomic mass is 10.0. The zero-order chi connectivity index (χ0) is 61.9. The molecule has 0 unspecified atom stereocenters. The highest BCUT2D eigenvalue weighted by Crippen LogP contribution is 2.26. The van der Waals surface area contributed by atoms with E-state index in [1.54, 1.807) is 0 Å². The molecule has 0 spiro atoms. The van der Waals surface area contributed by atoms with Gasteiger partial charge in [-0.3, -0.25) is 57.5 Å². The molecule has 456 valence electrons. The Morgan fingerprint density at radius 3 is 1.56 bits per heavy atom. The highest BCUT2D eigenvalue weighted by molar-refractivity contribution is 6.00. The molecule has 0 saturated carbocycles. The van der Waals surface area contributed by atoms with E-state index in [9.17, 15) is 87.9 Å². The van der Waals surface area contributed by atoms with Crippen LogP contribution in [-0.2, 0) is 68.7 Å². The third-order valence-electron chi connectivity index (χ3n) is 13.4. The number of likely N-dealkylation sites (tertiary alicyclic amines) is 2. The SMILES string of the molecule is CC(C)C[C@H](N)C(=O)N1CCC[C@H]1C(=O)N1CCC[C@H]1C(=O)N[C@H](C(=O)N[C@@H](CC(N)=O)C(=O)N[C@H](C(=O)NCC(=O)N[C@@H](CO)C(=O)N[C@@H](CC(N)=O)C(=O)N[C@H](C(=O)N[C@@H](Cc1ccc(O)cc1)C(=O)O)[C@@H](C)O)C(C)C)[C@@H](C)O.